The van der Waals surface area contributed by atoms with Gasteiger partial charge < -0.3 is 0 Å². The number of hydrogen-bond acceptors (Lipinski definition) is 8. The fourth-order valence-electron chi connectivity index (χ4n) is 6.74. The smallest absolute Gasteiger partial charge is 0.166 e. The zero-order valence-electron chi connectivity index (χ0n) is 24.0. The molecule has 214 valence electrons. The summed E-state index contributed by atoms with van der Waals surface area (Å²) in [6, 6.07) is 26.8. The molecule has 7 heterocycles. The fraction of sp³-hybridized carbons (Fsp3) is 0. The molecule has 0 radical (unpaired) electrons. The van der Waals surface area contributed by atoms with E-state index in [-0.39, 0.29) is 0 Å². The van der Waals surface area contributed by atoms with E-state index in [1.165, 1.54) is 12.7 Å². The van der Waals surface area contributed by atoms with Crippen LogP contribution < -0.4 is 5.48 Å². The van der Waals surface area contributed by atoms with Gasteiger partial charge in [0.05, 0.1) is 28.5 Å². The number of rotatable bonds is 3. The largest absolute Gasteiger partial charge is 0.276 e. The van der Waals surface area contributed by atoms with Crippen molar-refractivity contribution in [2.75, 3.05) is 0 Å². The highest BCUT2D eigenvalue weighted by Crippen LogP contribution is 2.37. The Morgan fingerprint density at radius 3 is 1.91 bits per heavy atom. The molecule has 0 aliphatic heterocycles. The molecule has 0 amide bonds. The summed E-state index contributed by atoms with van der Waals surface area (Å²) >= 11 is 0. The molecule has 0 spiro atoms. The van der Waals surface area contributed by atoms with E-state index in [9.17, 15) is 0 Å². The molecule has 0 N–H and O–H groups in total. The number of nitrogens with zero attached hydrogens (tertiary/aromatic N) is 10. The van der Waals surface area contributed by atoms with Crippen LogP contribution in [0.2, 0.25) is 0 Å². The highest BCUT2D eigenvalue weighted by atomic mass is 15.1. The van der Waals surface area contributed by atoms with Crippen molar-refractivity contribution >= 4 is 60.5 Å². The molecule has 0 unspecified atom stereocenters. The maximum Gasteiger partial charge on any atom is 0.166 e. The van der Waals surface area contributed by atoms with E-state index in [1.807, 2.05) is 36.5 Å². The van der Waals surface area contributed by atoms with E-state index in [4.69, 9.17) is 29.9 Å². The van der Waals surface area contributed by atoms with Crippen LogP contribution in [0.3, 0.4) is 0 Å². The summed E-state index contributed by atoms with van der Waals surface area (Å²) in [5.41, 5.74) is 9.18. The van der Waals surface area contributed by atoms with Gasteiger partial charge in [-0.3, -0.25) is 18.8 Å². The van der Waals surface area contributed by atoms with Gasteiger partial charge in [-0.1, -0.05) is 66.7 Å². The van der Waals surface area contributed by atoms with E-state index < -0.39 is 0 Å². The molecule has 0 saturated heterocycles. The average Bonchev–Trinajstić information content (AvgIpc) is 3.60. The third kappa shape index (κ3) is 3.34. The summed E-state index contributed by atoms with van der Waals surface area (Å²) in [7, 11) is 0. The zero-order chi connectivity index (χ0) is 30.2. The molecule has 10 rings (SSSR count). The number of pyridine rings is 1. The van der Waals surface area contributed by atoms with E-state index in [0.717, 1.165) is 71.5 Å². The molecule has 0 aliphatic carbocycles. The first kappa shape index (κ1) is 24.7. The molecule has 0 aliphatic rings. The van der Waals surface area contributed by atoms with Crippen LogP contribution in [0.1, 0.15) is 11.4 Å². The molecule has 46 heavy (non-hydrogen) atoms. The first-order chi connectivity index (χ1) is 22.9. The SMILES string of the molecule is c1ccc(/C(c2ncncn2)=c2\n3c4nccnc4c4cccc(c5cccc6c7nc(-c8ccncc8)cnc7n2c56)c43)cc1. The van der Waals surface area contributed by atoms with Crippen molar-refractivity contribution < 1.29 is 0 Å². The number of aromatic nitrogens is 10. The Morgan fingerprint density at radius 2 is 1.17 bits per heavy atom. The summed E-state index contributed by atoms with van der Waals surface area (Å²) in [4.78, 5) is 37.8. The molecule has 0 bridgehead atoms. The minimum absolute atomic E-state index is 0.517. The van der Waals surface area contributed by atoms with Crippen molar-refractivity contribution in [3.8, 4) is 11.3 Å². The van der Waals surface area contributed by atoms with Crippen molar-refractivity contribution in [3.05, 3.63) is 139 Å². The maximum absolute atomic E-state index is 5.22. The summed E-state index contributed by atoms with van der Waals surface area (Å²) in [5.74, 6) is 0.517. The van der Waals surface area contributed by atoms with Crippen LogP contribution in [0.5, 0.6) is 0 Å². The van der Waals surface area contributed by atoms with Crippen molar-refractivity contribution in [1.82, 2.24) is 48.7 Å². The molecular weight excluding hydrogens is 572 g/mol. The zero-order valence-corrected chi connectivity index (χ0v) is 24.0. The lowest BCUT2D eigenvalue weighted by atomic mass is 10.1. The van der Waals surface area contributed by atoms with E-state index >= 15 is 0 Å². The van der Waals surface area contributed by atoms with Gasteiger partial charge in [-0.05, 0) is 17.7 Å². The van der Waals surface area contributed by atoms with Crippen LogP contribution in [0.4, 0.5) is 0 Å². The molecule has 0 saturated carbocycles. The summed E-state index contributed by atoms with van der Waals surface area (Å²) in [6.45, 7) is 0. The Balaban J connectivity index is 1.60. The molecule has 10 aromatic rings. The second kappa shape index (κ2) is 9.41. The van der Waals surface area contributed by atoms with E-state index in [1.54, 1.807) is 24.8 Å². The van der Waals surface area contributed by atoms with Gasteiger partial charge in [-0.15, -0.1) is 0 Å². The van der Waals surface area contributed by atoms with Crippen LogP contribution >= 0.6 is 0 Å². The predicted octanol–water partition coefficient (Wildman–Crippen LogP) is 5.60. The molecule has 10 heteroatoms. The fourth-order valence-corrected chi connectivity index (χ4v) is 6.74. The summed E-state index contributed by atoms with van der Waals surface area (Å²) in [6.07, 6.45) is 11.9. The number of benzene rings is 3. The van der Waals surface area contributed by atoms with E-state index in [2.05, 4.69) is 67.3 Å². The normalized spacial score (nSPS) is 12.7. The van der Waals surface area contributed by atoms with Gasteiger partial charge in [0, 0.05) is 51.9 Å². The second-order valence-electron chi connectivity index (χ2n) is 11.0. The van der Waals surface area contributed by atoms with Gasteiger partial charge in [-0.25, -0.2) is 29.9 Å². The second-order valence-corrected chi connectivity index (χ2v) is 11.0. The summed E-state index contributed by atoms with van der Waals surface area (Å²) in [5, 5.41) is 4.09. The van der Waals surface area contributed by atoms with Gasteiger partial charge >= 0.3 is 0 Å². The number of hydrogen-bond donors (Lipinski definition) is 0. The lowest BCUT2D eigenvalue weighted by molar-refractivity contribution is 0.968. The Kier molecular flexibility index (Phi) is 5.06. The van der Waals surface area contributed by atoms with Gasteiger partial charge in [0.15, 0.2) is 17.1 Å². The molecular formula is C36H20N10. The van der Waals surface area contributed by atoms with E-state index in [0.29, 0.717) is 17.1 Å². The molecule has 0 atom stereocenters. The predicted molar refractivity (Wildman–Crippen MR) is 176 cm³/mol. The Bertz CT molecular complexity index is 2800. The standard InChI is InChI=1S/C36H20N10/c1-2-6-22(7-3-1)28(33-42-19-38-20-43-33)36-45-31-23(8-4-10-25(31)29-34(45)40-17-16-39-29)24-9-5-11-26-30-35(46(36)32(24)26)41-18-27(44-30)21-12-14-37-15-13-21/h1-20H/b36-28-. The van der Waals surface area contributed by atoms with Crippen LogP contribution in [-0.2, 0) is 0 Å². The van der Waals surface area contributed by atoms with Gasteiger partial charge in [0.2, 0.25) is 0 Å². The highest BCUT2D eigenvalue weighted by Gasteiger charge is 2.24. The van der Waals surface area contributed by atoms with Crippen LogP contribution in [0.25, 0.3) is 71.7 Å². The van der Waals surface area contributed by atoms with Crippen molar-refractivity contribution in [3.63, 3.8) is 0 Å². The Morgan fingerprint density at radius 1 is 0.522 bits per heavy atom. The van der Waals surface area contributed by atoms with Gasteiger partial charge in [-0.2, -0.15) is 0 Å². The third-order valence-electron chi connectivity index (χ3n) is 8.58. The van der Waals surface area contributed by atoms with Crippen molar-refractivity contribution in [2.24, 2.45) is 0 Å². The van der Waals surface area contributed by atoms with Crippen LogP contribution in [-0.4, -0.2) is 48.7 Å². The van der Waals surface area contributed by atoms with Crippen molar-refractivity contribution in [1.29, 1.82) is 0 Å². The quantitative estimate of drug-likeness (QED) is 0.261. The number of fused-ring (bicyclic) bond motifs is 7. The minimum Gasteiger partial charge on any atom is -0.276 e. The van der Waals surface area contributed by atoms with Crippen molar-refractivity contribution in [2.45, 2.75) is 0 Å². The molecule has 10 nitrogen and oxygen atoms in total. The lowest BCUT2D eigenvalue weighted by Gasteiger charge is -2.09. The first-order valence-corrected chi connectivity index (χ1v) is 14.7. The number of para-hydroxylation sites is 2. The topological polar surface area (TPSA) is 112 Å². The monoisotopic (exact) mass is 592 g/mol. The van der Waals surface area contributed by atoms with Gasteiger partial charge in [0.1, 0.15) is 29.2 Å². The first-order valence-electron chi connectivity index (χ1n) is 14.7. The Hall–Kier alpha value is -6.68. The molecule has 3 aromatic carbocycles. The average molecular weight is 593 g/mol. The third-order valence-corrected chi connectivity index (χ3v) is 8.58. The van der Waals surface area contributed by atoms with Gasteiger partial charge in [0.25, 0.3) is 0 Å². The van der Waals surface area contributed by atoms with Crippen LogP contribution in [0.15, 0.2) is 123 Å². The summed E-state index contributed by atoms with van der Waals surface area (Å²) < 4.78 is 4.39. The minimum atomic E-state index is 0.517. The molecule has 0 fully saturated rings. The highest BCUT2D eigenvalue weighted by molar-refractivity contribution is 6.22. The molecule has 7 aromatic heterocycles. The van der Waals surface area contributed by atoms with Crippen LogP contribution in [0, 0.1) is 0 Å². The Labute approximate surface area is 259 Å². The lowest BCUT2D eigenvalue weighted by Crippen LogP contribution is -2.26. The maximum atomic E-state index is 5.22.